The first-order valence-corrected chi connectivity index (χ1v) is 11.9. The van der Waals surface area contributed by atoms with E-state index in [4.69, 9.17) is 4.74 Å². The van der Waals surface area contributed by atoms with E-state index in [9.17, 15) is 27.2 Å². The molecule has 10 heteroatoms. The van der Waals surface area contributed by atoms with E-state index >= 15 is 0 Å². The van der Waals surface area contributed by atoms with Gasteiger partial charge in [0.15, 0.2) is 0 Å². The van der Waals surface area contributed by atoms with Crippen LogP contribution in [0.4, 0.5) is 22.4 Å². The van der Waals surface area contributed by atoms with Crippen molar-refractivity contribution in [1.82, 2.24) is 9.80 Å². The first-order valence-electron chi connectivity index (χ1n) is 11.9. The Kier molecular flexibility index (Phi) is 6.09. The predicted octanol–water partition coefficient (Wildman–Crippen LogP) is 4.93. The molecule has 0 bridgehead atoms. The summed E-state index contributed by atoms with van der Waals surface area (Å²) in [4.78, 5) is 33.3. The molecule has 0 aromatic heterocycles. The SMILES string of the molecule is O=C(OCc1ccc(C(F)(F)F)cc1F)N1CCC2(CC1)CN(C(=O)C1CCC3=C(C1)N=CC3)C2. The number of benzene rings is 1. The average Bonchev–Trinajstić information content (AvgIpc) is 3.28. The Morgan fingerprint density at radius 2 is 1.89 bits per heavy atom. The van der Waals surface area contributed by atoms with Crippen LogP contribution in [-0.4, -0.2) is 54.2 Å². The molecule has 3 aliphatic heterocycles. The molecule has 188 valence electrons. The fourth-order valence-electron chi connectivity index (χ4n) is 5.54. The monoisotopic (exact) mass is 493 g/mol. The second-order valence-electron chi connectivity index (χ2n) is 10.0. The van der Waals surface area contributed by atoms with Crippen LogP contribution in [0.2, 0.25) is 0 Å². The fraction of sp³-hybridized carbons (Fsp3) is 0.560. The fourth-order valence-corrected chi connectivity index (χ4v) is 5.54. The number of hydrogen-bond acceptors (Lipinski definition) is 4. The Hall–Kier alpha value is -2.91. The minimum Gasteiger partial charge on any atom is -0.444 e. The lowest BCUT2D eigenvalue weighted by Gasteiger charge is -2.54. The maximum Gasteiger partial charge on any atom is 0.416 e. The van der Waals surface area contributed by atoms with E-state index in [0.29, 0.717) is 32.2 Å². The molecule has 0 N–H and O–H groups in total. The number of rotatable bonds is 3. The van der Waals surface area contributed by atoms with Gasteiger partial charge in [0.05, 0.1) is 5.56 Å². The second kappa shape index (κ2) is 8.95. The molecule has 1 aliphatic carbocycles. The van der Waals surface area contributed by atoms with Gasteiger partial charge in [0.2, 0.25) is 5.91 Å². The van der Waals surface area contributed by atoms with Crippen LogP contribution in [0.1, 0.15) is 49.7 Å². The van der Waals surface area contributed by atoms with Crippen molar-refractivity contribution in [2.45, 2.75) is 51.3 Å². The second-order valence-corrected chi connectivity index (χ2v) is 10.0. The quantitative estimate of drug-likeness (QED) is 0.561. The normalized spacial score (nSPS) is 23.4. The van der Waals surface area contributed by atoms with Crippen LogP contribution in [0, 0.1) is 17.2 Å². The maximum absolute atomic E-state index is 14.0. The lowest BCUT2D eigenvalue weighted by molar-refractivity contribution is -0.151. The molecule has 1 aromatic carbocycles. The summed E-state index contributed by atoms with van der Waals surface area (Å²) in [6, 6.07) is 2.16. The molecule has 1 atom stereocenters. The molecule has 1 unspecified atom stereocenters. The van der Waals surface area contributed by atoms with Gasteiger partial charge >= 0.3 is 12.3 Å². The van der Waals surface area contributed by atoms with Crippen molar-refractivity contribution in [3.8, 4) is 0 Å². The van der Waals surface area contributed by atoms with Crippen LogP contribution >= 0.6 is 0 Å². The van der Waals surface area contributed by atoms with E-state index < -0.39 is 30.3 Å². The number of alkyl halides is 3. The minimum absolute atomic E-state index is 0.00186. The van der Waals surface area contributed by atoms with E-state index in [0.717, 1.165) is 56.4 Å². The number of nitrogens with zero attached hydrogens (tertiary/aromatic N) is 3. The van der Waals surface area contributed by atoms with Crippen LogP contribution in [0.3, 0.4) is 0 Å². The summed E-state index contributed by atoms with van der Waals surface area (Å²) >= 11 is 0. The van der Waals surface area contributed by atoms with Gasteiger partial charge in [-0.3, -0.25) is 9.79 Å². The molecule has 1 aromatic rings. The van der Waals surface area contributed by atoms with Crippen molar-refractivity contribution < 1.29 is 31.9 Å². The number of piperidine rings is 1. The zero-order valence-corrected chi connectivity index (χ0v) is 19.2. The van der Waals surface area contributed by atoms with Crippen molar-refractivity contribution in [2.75, 3.05) is 26.2 Å². The van der Waals surface area contributed by atoms with Gasteiger partial charge in [-0.2, -0.15) is 13.2 Å². The number of likely N-dealkylation sites (tertiary alicyclic amines) is 2. The number of carbonyl (C=O) groups is 2. The highest BCUT2D eigenvalue weighted by molar-refractivity contribution is 5.81. The Labute approximate surface area is 200 Å². The van der Waals surface area contributed by atoms with Gasteiger partial charge in [-0.1, -0.05) is 6.07 Å². The summed E-state index contributed by atoms with van der Waals surface area (Å²) < 4.78 is 57.2. The maximum atomic E-state index is 14.0. The van der Waals surface area contributed by atoms with Crippen molar-refractivity contribution >= 4 is 18.2 Å². The number of aliphatic imine (C=N–C) groups is 1. The molecule has 5 rings (SSSR count). The highest BCUT2D eigenvalue weighted by atomic mass is 19.4. The lowest BCUT2D eigenvalue weighted by atomic mass is 9.71. The molecule has 0 saturated carbocycles. The number of amides is 2. The first kappa shape index (κ1) is 23.8. The smallest absolute Gasteiger partial charge is 0.416 e. The van der Waals surface area contributed by atoms with Gasteiger partial charge in [-0.05, 0) is 43.4 Å². The number of hydrogen-bond donors (Lipinski definition) is 0. The van der Waals surface area contributed by atoms with Crippen molar-refractivity contribution in [2.24, 2.45) is 16.3 Å². The Bertz CT molecular complexity index is 1080. The standard InChI is InChI=1S/C25H27F4N3O3/c26-20-12-19(25(27,28)29)4-3-18(20)13-35-23(34)31-9-6-24(7-10-31)14-32(15-24)22(33)17-2-1-16-5-8-30-21(16)11-17/h3-4,8,12,17H,1-2,5-7,9-11,13-15H2. The van der Waals surface area contributed by atoms with Gasteiger partial charge < -0.3 is 14.5 Å². The van der Waals surface area contributed by atoms with E-state index in [-0.39, 0.29) is 22.8 Å². The number of carbonyl (C=O) groups excluding carboxylic acids is 2. The summed E-state index contributed by atoms with van der Waals surface area (Å²) in [6.45, 7) is 1.88. The summed E-state index contributed by atoms with van der Waals surface area (Å²) in [5.41, 5.74) is 1.28. The van der Waals surface area contributed by atoms with Crippen LogP contribution in [-0.2, 0) is 22.3 Å². The molecule has 35 heavy (non-hydrogen) atoms. The Balaban J connectivity index is 1.07. The minimum atomic E-state index is -4.64. The Morgan fingerprint density at radius 1 is 1.14 bits per heavy atom. The van der Waals surface area contributed by atoms with Crippen molar-refractivity contribution in [1.29, 1.82) is 0 Å². The molecule has 2 saturated heterocycles. The van der Waals surface area contributed by atoms with Crippen LogP contribution in [0.5, 0.6) is 0 Å². The summed E-state index contributed by atoms with van der Waals surface area (Å²) in [6.07, 6.45) is 1.62. The van der Waals surface area contributed by atoms with Gasteiger partial charge in [0, 0.05) is 67.8 Å². The van der Waals surface area contributed by atoms with E-state index in [2.05, 4.69) is 4.99 Å². The highest BCUT2D eigenvalue weighted by Gasteiger charge is 2.48. The zero-order chi connectivity index (χ0) is 24.8. The van der Waals surface area contributed by atoms with E-state index in [1.54, 1.807) is 0 Å². The molecular weight excluding hydrogens is 466 g/mol. The third-order valence-electron chi connectivity index (χ3n) is 7.75. The van der Waals surface area contributed by atoms with Crippen molar-refractivity contribution in [3.05, 3.63) is 46.4 Å². The lowest BCUT2D eigenvalue weighted by Crippen LogP contribution is -2.63. The summed E-state index contributed by atoms with van der Waals surface area (Å²) in [5.74, 6) is -0.860. The Morgan fingerprint density at radius 3 is 2.57 bits per heavy atom. The number of allylic oxidation sites excluding steroid dienone is 2. The summed E-state index contributed by atoms with van der Waals surface area (Å²) in [5, 5.41) is 0. The van der Waals surface area contributed by atoms with Crippen molar-refractivity contribution in [3.63, 3.8) is 0 Å². The average molecular weight is 494 g/mol. The third kappa shape index (κ3) is 4.79. The van der Waals surface area contributed by atoms with Gasteiger partial charge in [0.1, 0.15) is 12.4 Å². The largest absolute Gasteiger partial charge is 0.444 e. The van der Waals surface area contributed by atoms with Gasteiger partial charge in [-0.15, -0.1) is 0 Å². The molecule has 0 radical (unpaired) electrons. The first-order chi connectivity index (χ1) is 16.6. The molecule has 4 aliphatic rings. The topological polar surface area (TPSA) is 62.2 Å². The predicted molar refractivity (Wildman–Crippen MR) is 119 cm³/mol. The van der Waals surface area contributed by atoms with Crippen LogP contribution in [0.15, 0.2) is 34.5 Å². The molecule has 2 amide bonds. The van der Waals surface area contributed by atoms with Gasteiger partial charge in [-0.25, -0.2) is 9.18 Å². The van der Waals surface area contributed by atoms with Gasteiger partial charge in [0.25, 0.3) is 0 Å². The van der Waals surface area contributed by atoms with Crippen LogP contribution < -0.4 is 0 Å². The molecule has 3 heterocycles. The molecule has 2 fully saturated rings. The molecule has 6 nitrogen and oxygen atoms in total. The van der Waals surface area contributed by atoms with E-state index in [1.165, 1.54) is 10.5 Å². The summed E-state index contributed by atoms with van der Waals surface area (Å²) in [7, 11) is 0. The third-order valence-corrected chi connectivity index (χ3v) is 7.75. The van der Waals surface area contributed by atoms with Crippen LogP contribution in [0.25, 0.3) is 0 Å². The zero-order valence-electron chi connectivity index (χ0n) is 19.2. The molecular formula is C25H27F4N3O3. The highest BCUT2D eigenvalue weighted by Crippen LogP contribution is 2.43. The molecule has 1 spiro atoms. The number of halogens is 4. The number of ether oxygens (including phenoxy) is 1. The van der Waals surface area contributed by atoms with E-state index in [1.807, 2.05) is 11.1 Å².